The summed E-state index contributed by atoms with van der Waals surface area (Å²) >= 11 is 0.726. The Balaban J connectivity index is 2.59. The molecule has 0 bridgehead atoms. The number of hydrogen-bond acceptors (Lipinski definition) is 4. The van der Waals surface area contributed by atoms with Crippen LogP contribution in [0, 0.1) is 13.8 Å². The molecule has 0 amide bonds. The molecule has 2 aromatic rings. The molecule has 0 fully saturated rings. The van der Waals surface area contributed by atoms with Crippen molar-refractivity contribution in [2.45, 2.75) is 13.8 Å². The molecule has 1 aromatic carbocycles. The van der Waals surface area contributed by atoms with Crippen LogP contribution in [-0.2, 0) is 11.4 Å². The van der Waals surface area contributed by atoms with Gasteiger partial charge in [-0.1, -0.05) is 0 Å². The summed E-state index contributed by atoms with van der Waals surface area (Å²) in [6.45, 7) is 4.11. The Morgan fingerprint density at radius 2 is 1.43 bits per heavy atom. The van der Waals surface area contributed by atoms with Gasteiger partial charge in [0, 0.05) is 0 Å². The predicted octanol–water partition coefficient (Wildman–Crippen LogP) is 2.03. The summed E-state index contributed by atoms with van der Waals surface area (Å²) in [5.41, 5.74) is 6.40. The van der Waals surface area contributed by atoms with Crippen molar-refractivity contribution in [1.29, 1.82) is 0 Å². The second-order valence-electron chi connectivity index (χ2n) is 3.17. The van der Waals surface area contributed by atoms with E-state index in [4.69, 9.17) is 0 Å². The van der Waals surface area contributed by atoms with Crippen LogP contribution in [0.3, 0.4) is 0 Å². The third-order valence-corrected chi connectivity index (χ3v) is 4.43. The van der Waals surface area contributed by atoms with Crippen LogP contribution in [0.4, 0.5) is 11.4 Å². The molecule has 0 radical (unpaired) electrons. The molecule has 0 unspecified atom stereocenters. The average Bonchev–Trinajstić information content (AvgIpc) is 2.82. The van der Waals surface area contributed by atoms with Crippen molar-refractivity contribution >= 4 is 54.8 Å². The Bertz CT molecular complexity index is 561. The van der Waals surface area contributed by atoms with Gasteiger partial charge >= 0.3 is 94.9 Å². The number of aromatic nitrogens is 2. The van der Waals surface area contributed by atoms with Crippen molar-refractivity contribution in [2.24, 2.45) is 8.73 Å². The monoisotopic (exact) mass is 320 g/mol. The van der Waals surface area contributed by atoms with E-state index >= 15 is 0 Å². The first kappa shape index (κ1) is 8.72. The minimum atomic E-state index is -0.535. The molecule has 0 N–H and O–H groups in total. The Hall–Kier alpha value is -0.570. The van der Waals surface area contributed by atoms with Crippen LogP contribution in [0.15, 0.2) is 8.73 Å². The summed E-state index contributed by atoms with van der Waals surface area (Å²) in [5.74, 6) is 0. The zero-order chi connectivity index (χ0) is 9.71. The summed E-state index contributed by atoms with van der Waals surface area (Å²) in [6, 6.07) is 0. The van der Waals surface area contributed by atoms with Crippen LogP contribution in [0.25, 0.3) is 11.0 Å². The number of benzene rings is 1. The first-order valence-electron chi connectivity index (χ1n) is 4.12. The summed E-state index contributed by atoms with van der Waals surface area (Å²) < 4.78 is 17.6. The maximum absolute atomic E-state index is 4.49. The van der Waals surface area contributed by atoms with Gasteiger partial charge in [0.05, 0.1) is 0 Å². The number of nitrogens with zero attached hydrogens (tertiary/aromatic N) is 4. The summed E-state index contributed by atoms with van der Waals surface area (Å²) in [5, 5.41) is 0. The number of fused-ring (bicyclic) bond motifs is 2. The molecule has 1 aliphatic rings. The van der Waals surface area contributed by atoms with Gasteiger partial charge in [0.25, 0.3) is 0 Å². The van der Waals surface area contributed by atoms with Gasteiger partial charge in [0.2, 0.25) is 0 Å². The third kappa shape index (κ3) is 0.990. The van der Waals surface area contributed by atoms with Gasteiger partial charge in [-0.3, -0.25) is 0 Å². The van der Waals surface area contributed by atoms with Crippen molar-refractivity contribution in [1.82, 2.24) is 6.41 Å². The number of rotatable bonds is 0. The van der Waals surface area contributed by atoms with Crippen LogP contribution in [-0.4, -0.2) is 27.4 Å². The third-order valence-electron chi connectivity index (χ3n) is 2.40. The van der Waals surface area contributed by atoms with E-state index in [-0.39, 0.29) is 0 Å². The molecule has 0 aliphatic carbocycles. The van der Waals surface area contributed by atoms with E-state index in [0.29, 0.717) is 0 Å². The minimum absolute atomic E-state index is 0.535. The Morgan fingerprint density at radius 3 is 1.93 bits per heavy atom. The molecule has 1 aliphatic heterocycles. The first-order valence-corrected chi connectivity index (χ1v) is 6.94. The van der Waals surface area contributed by atoms with Crippen molar-refractivity contribution in [3.63, 3.8) is 0 Å². The van der Waals surface area contributed by atoms with Crippen LogP contribution in [0.2, 0.25) is 0 Å². The van der Waals surface area contributed by atoms with Gasteiger partial charge < -0.3 is 0 Å². The van der Waals surface area contributed by atoms with Crippen LogP contribution < -0.4 is 0 Å². The molecule has 2 heterocycles. The second kappa shape index (κ2) is 2.96. The van der Waals surface area contributed by atoms with E-state index in [9.17, 15) is 0 Å². The van der Waals surface area contributed by atoms with E-state index in [2.05, 4.69) is 29.0 Å². The molecule has 14 heavy (non-hydrogen) atoms. The van der Waals surface area contributed by atoms with Crippen LogP contribution in [0.5, 0.6) is 0 Å². The zero-order valence-electron chi connectivity index (χ0n) is 7.61. The van der Waals surface area contributed by atoms with Gasteiger partial charge in [-0.15, -0.1) is 0 Å². The first-order chi connectivity index (χ1) is 6.79. The Labute approximate surface area is 94.6 Å². The SMILES string of the molecule is Cc1c2c(c(C)c3n[te]nc13)N=S=N2. The Morgan fingerprint density at radius 1 is 0.929 bits per heavy atom. The molecule has 0 spiro atoms. The molecule has 0 saturated heterocycles. The summed E-state index contributed by atoms with van der Waals surface area (Å²) in [7, 11) is 0. The molecular formula is C8H6N4STe. The van der Waals surface area contributed by atoms with Crippen molar-refractivity contribution < 1.29 is 0 Å². The second-order valence-corrected chi connectivity index (χ2v) is 5.21. The fourth-order valence-corrected chi connectivity index (χ4v) is 4.09. The van der Waals surface area contributed by atoms with Crippen molar-refractivity contribution in [2.75, 3.05) is 0 Å². The van der Waals surface area contributed by atoms with Crippen LogP contribution >= 0.6 is 0 Å². The van der Waals surface area contributed by atoms with Gasteiger partial charge in [-0.05, 0) is 0 Å². The van der Waals surface area contributed by atoms with E-state index in [1.807, 2.05) is 0 Å². The number of aryl methyl sites for hydroxylation is 2. The van der Waals surface area contributed by atoms with E-state index < -0.39 is 21.0 Å². The summed E-state index contributed by atoms with van der Waals surface area (Å²) in [4.78, 5) is 0. The Kier molecular flexibility index (Phi) is 1.84. The molecule has 1 aromatic heterocycles. The average molecular weight is 318 g/mol. The molecule has 3 rings (SSSR count). The zero-order valence-corrected chi connectivity index (χ0v) is 10.8. The topological polar surface area (TPSA) is 50.5 Å². The molecule has 6 heteroatoms. The molecular weight excluding hydrogens is 312 g/mol. The van der Waals surface area contributed by atoms with Crippen LogP contribution in [0.1, 0.15) is 11.1 Å². The summed E-state index contributed by atoms with van der Waals surface area (Å²) in [6.07, 6.45) is 0. The maximum atomic E-state index is 4.49. The van der Waals surface area contributed by atoms with Gasteiger partial charge in [0.15, 0.2) is 0 Å². The fraction of sp³-hybridized carbons (Fsp3) is 0.250. The molecule has 0 saturated carbocycles. The predicted molar refractivity (Wildman–Crippen MR) is 57.5 cm³/mol. The van der Waals surface area contributed by atoms with Gasteiger partial charge in [-0.25, -0.2) is 0 Å². The van der Waals surface area contributed by atoms with Crippen molar-refractivity contribution in [3.05, 3.63) is 11.1 Å². The molecule has 70 valence electrons. The van der Waals surface area contributed by atoms with E-state index in [1.54, 1.807) is 0 Å². The van der Waals surface area contributed by atoms with Crippen molar-refractivity contribution in [3.8, 4) is 0 Å². The molecule has 0 atom stereocenters. The van der Waals surface area contributed by atoms with E-state index in [1.165, 1.54) is 11.4 Å². The quantitative estimate of drug-likeness (QED) is 0.596. The normalized spacial score (nSPS) is 13.3. The van der Waals surface area contributed by atoms with Gasteiger partial charge in [0.1, 0.15) is 0 Å². The standard InChI is InChI=1S/C8H6N4STe/c1-3-5-6(10-13-9-5)4(2)8-7(3)11-14-12-8/h1-2H3. The fourth-order valence-electron chi connectivity index (χ4n) is 1.59. The number of hydrogen-bond donors (Lipinski definition) is 0. The van der Waals surface area contributed by atoms with E-state index in [0.717, 1.165) is 33.5 Å². The van der Waals surface area contributed by atoms with Gasteiger partial charge in [-0.2, -0.15) is 0 Å². The molecule has 4 nitrogen and oxygen atoms in total.